The van der Waals surface area contributed by atoms with Gasteiger partial charge in [-0.1, -0.05) is 6.92 Å². The van der Waals surface area contributed by atoms with Crippen molar-refractivity contribution in [3.05, 3.63) is 0 Å². The molecule has 4 nitrogen and oxygen atoms in total. The fourth-order valence-corrected chi connectivity index (χ4v) is 3.85. The van der Waals surface area contributed by atoms with Crippen molar-refractivity contribution in [1.82, 2.24) is 5.32 Å². The molecule has 0 saturated carbocycles. The third kappa shape index (κ3) is 3.42. The highest BCUT2D eigenvalue weighted by Gasteiger charge is 2.43. The van der Waals surface area contributed by atoms with Crippen molar-refractivity contribution >= 4 is 9.84 Å². The minimum atomic E-state index is -2.86. The van der Waals surface area contributed by atoms with Crippen LogP contribution in [0.5, 0.6) is 0 Å². The van der Waals surface area contributed by atoms with Crippen LogP contribution >= 0.6 is 0 Å². The minimum absolute atomic E-state index is 0.276. The first-order chi connectivity index (χ1) is 7.99. The summed E-state index contributed by atoms with van der Waals surface area (Å²) >= 11 is 0. The zero-order valence-corrected chi connectivity index (χ0v) is 11.5. The Bertz CT molecular complexity index is 355. The average molecular weight is 261 g/mol. The van der Waals surface area contributed by atoms with E-state index in [0.29, 0.717) is 30.6 Å². The number of sulfone groups is 1. The molecule has 4 unspecified atom stereocenters. The van der Waals surface area contributed by atoms with Crippen molar-refractivity contribution in [3.63, 3.8) is 0 Å². The highest BCUT2D eigenvalue weighted by atomic mass is 32.2. The Morgan fingerprint density at radius 3 is 2.65 bits per heavy atom. The molecule has 2 heterocycles. The van der Waals surface area contributed by atoms with E-state index in [-0.39, 0.29) is 5.75 Å². The molecule has 0 aromatic rings. The van der Waals surface area contributed by atoms with Crippen LogP contribution in [0.2, 0.25) is 0 Å². The van der Waals surface area contributed by atoms with Crippen LogP contribution in [-0.4, -0.2) is 45.2 Å². The SMILES string of the molecule is CCNC(CCS(C)(=O)=O)C1CC2CCC1O2. The van der Waals surface area contributed by atoms with Crippen LogP contribution in [0.4, 0.5) is 0 Å². The van der Waals surface area contributed by atoms with Gasteiger partial charge in [0.25, 0.3) is 0 Å². The molecule has 0 aromatic heterocycles. The standard InChI is InChI=1S/C12H23NO3S/c1-3-13-11(6-7-17(2,14)15)10-8-9-4-5-12(10)16-9/h9-13H,3-8H2,1-2H3. The van der Waals surface area contributed by atoms with Crippen molar-refractivity contribution in [2.45, 2.75) is 50.9 Å². The molecule has 100 valence electrons. The molecular formula is C12H23NO3S. The lowest BCUT2D eigenvalue weighted by molar-refractivity contribution is 0.0856. The predicted octanol–water partition coefficient (Wildman–Crippen LogP) is 0.967. The van der Waals surface area contributed by atoms with Crippen LogP contribution in [-0.2, 0) is 14.6 Å². The van der Waals surface area contributed by atoms with Crippen LogP contribution < -0.4 is 5.32 Å². The molecule has 0 amide bonds. The lowest BCUT2D eigenvalue weighted by atomic mass is 9.83. The summed E-state index contributed by atoms with van der Waals surface area (Å²) in [5.74, 6) is 0.786. The van der Waals surface area contributed by atoms with E-state index in [9.17, 15) is 8.42 Å². The molecule has 0 aromatic carbocycles. The summed E-state index contributed by atoms with van der Waals surface area (Å²) in [5, 5.41) is 3.44. The fourth-order valence-electron chi connectivity index (χ4n) is 3.17. The van der Waals surface area contributed by atoms with E-state index >= 15 is 0 Å². The maximum atomic E-state index is 11.3. The summed E-state index contributed by atoms with van der Waals surface area (Å²) in [7, 11) is -2.86. The Balaban J connectivity index is 1.92. The normalized spacial score (nSPS) is 34.1. The van der Waals surface area contributed by atoms with Crippen LogP contribution in [0.25, 0.3) is 0 Å². The maximum Gasteiger partial charge on any atom is 0.147 e. The molecule has 0 aliphatic carbocycles. The number of ether oxygens (including phenoxy) is 1. The van der Waals surface area contributed by atoms with Crippen LogP contribution in [0.3, 0.4) is 0 Å². The van der Waals surface area contributed by atoms with Crippen molar-refractivity contribution < 1.29 is 13.2 Å². The predicted molar refractivity (Wildman–Crippen MR) is 67.8 cm³/mol. The molecule has 2 aliphatic heterocycles. The quantitative estimate of drug-likeness (QED) is 0.774. The number of hydrogen-bond donors (Lipinski definition) is 1. The first-order valence-electron chi connectivity index (χ1n) is 6.56. The van der Waals surface area contributed by atoms with Gasteiger partial charge in [-0.25, -0.2) is 8.42 Å². The highest BCUT2D eigenvalue weighted by Crippen LogP contribution is 2.41. The van der Waals surface area contributed by atoms with Crippen LogP contribution in [0.1, 0.15) is 32.6 Å². The molecule has 2 saturated heterocycles. The molecule has 17 heavy (non-hydrogen) atoms. The van der Waals surface area contributed by atoms with Gasteiger partial charge in [-0.15, -0.1) is 0 Å². The maximum absolute atomic E-state index is 11.3. The van der Waals surface area contributed by atoms with Gasteiger partial charge >= 0.3 is 0 Å². The molecule has 0 spiro atoms. The van der Waals surface area contributed by atoms with Gasteiger partial charge < -0.3 is 10.1 Å². The van der Waals surface area contributed by atoms with Crippen LogP contribution in [0, 0.1) is 5.92 Å². The van der Waals surface area contributed by atoms with Gasteiger partial charge in [0.05, 0.1) is 18.0 Å². The first-order valence-corrected chi connectivity index (χ1v) is 8.62. The van der Waals surface area contributed by atoms with Gasteiger partial charge in [0, 0.05) is 18.2 Å². The Labute approximate surface area is 104 Å². The zero-order chi connectivity index (χ0) is 12.5. The van der Waals surface area contributed by atoms with Crippen molar-refractivity contribution in [3.8, 4) is 0 Å². The first kappa shape index (κ1) is 13.3. The Hall–Kier alpha value is -0.130. The molecule has 1 N–H and O–H groups in total. The Morgan fingerprint density at radius 1 is 1.41 bits per heavy atom. The number of nitrogens with one attached hydrogen (secondary N) is 1. The van der Waals surface area contributed by atoms with Gasteiger partial charge in [-0.2, -0.15) is 0 Å². The molecule has 4 atom stereocenters. The van der Waals surface area contributed by atoms with Gasteiger partial charge in [0.1, 0.15) is 9.84 Å². The summed E-state index contributed by atoms with van der Waals surface area (Å²) in [6.07, 6.45) is 6.26. The summed E-state index contributed by atoms with van der Waals surface area (Å²) in [6, 6.07) is 0.296. The number of fused-ring (bicyclic) bond motifs is 2. The molecule has 5 heteroatoms. The summed E-state index contributed by atoms with van der Waals surface area (Å²) in [6.45, 7) is 2.96. The second-order valence-corrected chi connectivity index (χ2v) is 7.62. The van der Waals surface area contributed by atoms with Gasteiger partial charge in [0.15, 0.2) is 0 Å². The molecule has 2 bridgehead atoms. The van der Waals surface area contributed by atoms with E-state index in [1.165, 1.54) is 12.7 Å². The second-order valence-electron chi connectivity index (χ2n) is 5.36. The number of rotatable bonds is 6. The van der Waals surface area contributed by atoms with E-state index in [1.807, 2.05) is 0 Å². The van der Waals surface area contributed by atoms with E-state index < -0.39 is 9.84 Å². The fraction of sp³-hybridized carbons (Fsp3) is 1.00. The second kappa shape index (κ2) is 5.24. The molecule has 0 radical (unpaired) electrons. The largest absolute Gasteiger partial charge is 0.375 e. The van der Waals surface area contributed by atoms with Crippen molar-refractivity contribution in [2.75, 3.05) is 18.6 Å². The molecule has 2 rings (SSSR count). The average Bonchev–Trinajstić information content (AvgIpc) is 2.84. The molecule has 2 fully saturated rings. The molecule has 2 aliphatic rings. The third-order valence-electron chi connectivity index (χ3n) is 3.94. The van der Waals surface area contributed by atoms with Crippen LogP contribution in [0.15, 0.2) is 0 Å². The number of hydrogen-bond acceptors (Lipinski definition) is 4. The van der Waals surface area contributed by atoms with E-state index in [4.69, 9.17) is 4.74 Å². The van der Waals surface area contributed by atoms with Gasteiger partial charge in [-0.3, -0.25) is 0 Å². The Kier molecular flexibility index (Phi) is 4.10. The topological polar surface area (TPSA) is 55.4 Å². The van der Waals surface area contributed by atoms with E-state index in [0.717, 1.165) is 19.4 Å². The zero-order valence-electron chi connectivity index (χ0n) is 10.7. The Morgan fingerprint density at radius 2 is 2.18 bits per heavy atom. The van der Waals surface area contributed by atoms with E-state index in [1.54, 1.807) is 0 Å². The summed E-state index contributed by atoms with van der Waals surface area (Å²) in [4.78, 5) is 0. The van der Waals surface area contributed by atoms with Gasteiger partial charge in [0.2, 0.25) is 0 Å². The third-order valence-corrected chi connectivity index (χ3v) is 4.91. The summed E-state index contributed by atoms with van der Waals surface area (Å²) in [5.41, 5.74) is 0. The summed E-state index contributed by atoms with van der Waals surface area (Å²) < 4.78 is 28.4. The van der Waals surface area contributed by atoms with Crippen molar-refractivity contribution in [1.29, 1.82) is 0 Å². The minimum Gasteiger partial charge on any atom is -0.375 e. The monoisotopic (exact) mass is 261 g/mol. The highest BCUT2D eigenvalue weighted by molar-refractivity contribution is 7.90. The smallest absolute Gasteiger partial charge is 0.147 e. The lowest BCUT2D eigenvalue weighted by Gasteiger charge is -2.29. The van der Waals surface area contributed by atoms with Crippen molar-refractivity contribution in [2.24, 2.45) is 5.92 Å². The van der Waals surface area contributed by atoms with Gasteiger partial charge in [-0.05, 0) is 32.2 Å². The lowest BCUT2D eigenvalue weighted by Crippen LogP contribution is -2.41. The van der Waals surface area contributed by atoms with E-state index in [2.05, 4.69) is 12.2 Å². The molecular weight excluding hydrogens is 238 g/mol.